The molecule has 3 rings (SSSR count). The second kappa shape index (κ2) is 30.2. The number of ketones is 3. The summed E-state index contributed by atoms with van der Waals surface area (Å²) < 4.78 is 59.1. The second-order valence-corrected chi connectivity index (χ2v) is 22.9. The number of hydrogen-bond acceptors (Lipinski definition) is 16. The Kier molecular flexibility index (Phi) is 26.3. The van der Waals surface area contributed by atoms with Crippen LogP contribution < -0.4 is 0 Å². The van der Waals surface area contributed by atoms with E-state index >= 15 is 0 Å². The minimum Gasteiger partial charge on any atom is -0.460 e. The lowest BCUT2D eigenvalue weighted by atomic mass is 9.78. The van der Waals surface area contributed by atoms with Gasteiger partial charge in [-0.25, -0.2) is 13.2 Å². The number of fused-ring (bicyclic) bond motifs is 2. The van der Waals surface area contributed by atoms with E-state index in [4.69, 9.17) is 28.4 Å². The van der Waals surface area contributed by atoms with Gasteiger partial charge in [-0.3, -0.25) is 19.2 Å². The van der Waals surface area contributed by atoms with Crippen molar-refractivity contribution in [2.24, 2.45) is 29.6 Å². The van der Waals surface area contributed by atoms with Gasteiger partial charge in [0.05, 0.1) is 30.2 Å². The number of aliphatic hydroxyl groups is 3. The quantitative estimate of drug-likeness (QED) is 0.0829. The predicted octanol–water partition coefficient (Wildman–Crippen LogP) is 5.61. The van der Waals surface area contributed by atoms with Crippen molar-refractivity contribution in [2.45, 2.75) is 180 Å². The van der Waals surface area contributed by atoms with Crippen molar-refractivity contribution in [3.05, 3.63) is 47.6 Å². The van der Waals surface area contributed by atoms with Gasteiger partial charge in [-0.15, -0.1) is 0 Å². The molecule has 2 heterocycles. The minimum atomic E-state index is -3.13. The molecule has 1 aliphatic carbocycles. The molecule has 2 bridgehead atoms. The van der Waals surface area contributed by atoms with E-state index in [0.29, 0.717) is 63.4 Å². The maximum atomic E-state index is 14.1. The highest BCUT2D eigenvalue weighted by Gasteiger charge is 2.52. The highest BCUT2D eigenvalue weighted by atomic mass is 32.2. The van der Waals surface area contributed by atoms with Crippen LogP contribution in [-0.4, -0.2) is 166 Å². The number of sulfone groups is 1. The first kappa shape index (κ1) is 62.8. The summed E-state index contributed by atoms with van der Waals surface area (Å²) in [4.78, 5) is 70.9. The minimum absolute atomic E-state index is 0.0193. The van der Waals surface area contributed by atoms with Crippen LogP contribution in [0.25, 0.3) is 0 Å². The number of esters is 1. The van der Waals surface area contributed by atoms with Crippen molar-refractivity contribution in [3.8, 4) is 0 Å². The lowest BCUT2D eigenvalue weighted by Crippen LogP contribution is -2.59. The number of rotatable bonds is 14. The first-order valence-electron chi connectivity index (χ1n) is 25.8. The van der Waals surface area contributed by atoms with Gasteiger partial charge in [0.25, 0.3) is 11.7 Å². The largest absolute Gasteiger partial charge is 0.460 e. The normalized spacial score (nSPS) is 35.9. The molecule has 2 aliphatic heterocycles. The smallest absolute Gasteiger partial charge is 0.328 e. The summed E-state index contributed by atoms with van der Waals surface area (Å²) in [7, 11) is 1.09. The molecule has 0 aromatic rings. The van der Waals surface area contributed by atoms with Crippen LogP contribution in [0.2, 0.25) is 0 Å². The number of nitrogens with zero attached hydrogens (tertiary/aromatic N) is 1. The van der Waals surface area contributed by atoms with Gasteiger partial charge in [0.1, 0.15) is 40.0 Å². The molecule has 2 fully saturated rings. The Balaban J connectivity index is 1.98. The van der Waals surface area contributed by atoms with Crippen molar-refractivity contribution < 1.29 is 76.1 Å². The number of allylic oxidation sites excluding steroid dienone is 6. The first-order valence-corrected chi connectivity index (χ1v) is 27.9. The number of carbonyl (C=O) groups excluding carboxylic acids is 5. The zero-order chi connectivity index (χ0) is 53.9. The first-order chi connectivity index (χ1) is 33.9. The number of methoxy groups -OCH3 is 2. The van der Waals surface area contributed by atoms with Crippen LogP contribution in [0.5, 0.6) is 0 Å². The zero-order valence-corrected chi connectivity index (χ0v) is 45.6. The molecule has 3 aliphatic rings. The van der Waals surface area contributed by atoms with Crippen molar-refractivity contribution in [2.75, 3.05) is 53.1 Å². The second-order valence-electron chi connectivity index (χ2n) is 20.6. The zero-order valence-electron chi connectivity index (χ0n) is 44.8. The third-order valence-corrected chi connectivity index (χ3v) is 15.8. The Bertz CT molecular complexity index is 2020. The topological polar surface area (TPSA) is 239 Å². The van der Waals surface area contributed by atoms with Gasteiger partial charge in [0.2, 0.25) is 5.79 Å². The maximum Gasteiger partial charge on any atom is 0.328 e. The molecule has 14 atom stereocenters. The van der Waals surface area contributed by atoms with E-state index in [2.05, 4.69) is 0 Å². The molecule has 0 spiro atoms. The Labute approximate surface area is 429 Å². The van der Waals surface area contributed by atoms with E-state index in [-0.39, 0.29) is 68.1 Å². The Morgan fingerprint density at radius 3 is 2.22 bits per heavy atom. The Morgan fingerprint density at radius 2 is 1.57 bits per heavy atom. The monoisotopic (exact) mass is 1040 g/mol. The average molecular weight is 1040 g/mol. The van der Waals surface area contributed by atoms with Gasteiger partial charge in [0.15, 0.2) is 5.78 Å². The molecule has 72 heavy (non-hydrogen) atoms. The molecule has 0 radical (unpaired) electrons. The molecule has 1 saturated carbocycles. The van der Waals surface area contributed by atoms with Crippen molar-refractivity contribution in [1.82, 2.24) is 4.90 Å². The van der Waals surface area contributed by atoms with Crippen molar-refractivity contribution in [3.63, 3.8) is 0 Å². The van der Waals surface area contributed by atoms with Crippen LogP contribution in [0.1, 0.15) is 126 Å². The number of aliphatic hydroxyl groups excluding tert-OH is 2. The number of cyclic esters (lactones) is 1. The van der Waals surface area contributed by atoms with Gasteiger partial charge in [-0.05, 0) is 108 Å². The number of Topliss-reactive ketones (excluding diaryl/α,β-unsaturated/α-hetero) is 3. The fraction of sp³-hybridized carbons (Fsp3) is 0.759. The van der Waals surface area contributed by atoms with Crippen LogP contribution in [-0.2, 0) is 62.2 Å². The third kappa shape index (κ3) is 19.0. The molecule has 1 amide bonds. The van der Waals surface area contributed by atoms with Crippen LogP contribution in [0.15, 0.2) is 47.6 Å². The van der Waals surface area contributed by atoms with E-state index < -0.39 is 93.5 Å². The molecule has 3 N–H and O–H groups in total. The summed E-state index contributed by atoms with van der Waals surface area (Å²) in [6, 6.07) is -1.34. The molecule has 1 saturated heterocycles. The van der Waals surface area contributed by atoms with Crippen LogP contribution in [0.4, 0.5) is 0 Å². The van der Waals surface area contributed by atoms with Crippen molar-refractivity contribution in [1.29, 1.82) is 0 Å². The molecular weight excluding hydrogens is 951 g/mol. The van der Waals surface area contributed by atoms with Gasteiger partial charge < -0.3 is 48.6 Å². The highest BCUT2D eigenvalue weighted by Crippen LogP contribution is 2.37. The SMILES string of the molecule is COC1C(=O)C(C)CC\C=C/C=C\C=C(\C)[C@H](OCCCO)C[C@H]2CC[C@H](C)[C@](O)(O2)C(=O)C(=O)N(C)C(C)C(=O)OC([C@H](C)C[C@@H]2CC[C@@H](OCCCS(C)(=O)=O)[C@H](OC)C2)CC(=O)C(C)/C=C(/C)C1O. The van der Waals surface area contributed by atoms with Gasteiger partial charge >= 0.3 is 5.97 Å². The summed E-state index contributed by atoms with van der Waals surface area (Å²) in [6.07, 6.45) is 11.9. The Morgan fingerprint density at radius 1 is 0.875 bits per heavy atom. The summed E-state index contributed by atoms with van der Waals surface area (Å²) in [5.74, 6) is -8.73. The molecule has 410 valence electrons. The molecule has 6 unspecified atom stereocenters. The van der Waals surface area contributed by atoms with Crippen LogP contribution in [0.3, 0.4) is 0 Å². The number of amides is 1. The summed E-state index contributed by atoms with van der Waals surface area (Å²) in [6.45, 7) is 12.3. The third-order valence-electron chi connectivity index (χ3n) is 14.7. The van der Waals surface area contributed by atoms with Gasteiger partial charge in [0, 0.05) is 77.9 Å². The fourth-order valence-corrected chi connectivity index (χ4v) is 10.3. The van der Waals surface area contributed by atoms with E-state index in [0.717, 1.165) is 16.9 Å². The van der Waals surface area contributed by atoms with Crippen LogP contribution >= 0.6 is 0 Å². The van der Waals surface area contributed by atoms with E-state index in [9.17, 15) is 47.7 Å². The number of ether oxygens (including phenoxy) is 6. The van der Waals surface area contributed by atoms with Crippen LogP contribution in [0, 0.1) is 29.6 Å². The average Bonchev–Trinajstić information content (AvgIpc) is 3.33. The van der Waals surface area contributed by atoms with E-state index in [1.54, 1.807) is 40.9 Å². The molecule has 18 heteroatoms. The number of carbonyl (C=O) groups is 5. The van der Waals surface area contributed by atoms with Gasteiger partial charge in [-0.2, -0.15) is 0 Å². The predicted molar refractivity (Wildman–Crippen MR) is 272 cm³/mol. The lowest BCUT2D eigenvalue weighted by molar-refractivity contribution is -0.265. The summed E-state index contributed by atoms with van der Waals surface area (Å²) in [5.41, 5.74) is 1.17. The highest BCUT2D eigenvalue weighted by molar-refractivity contribution is 7.90. The summed E-state index contributed by atoms with van der Waals surface area (Å²) >= 11 is 0. The standard InChI is InChI=1S/C54H87NO16S/c1-34-19-15-13-12-14-16-20-35(2)48(58)50(67-10)49(59)38(5)29-36(3)43(57)33-46(37(4)30-41-22-24-44(47(31-41)66-9)68-27-18-28-72(11,64)65)70-53(62)40(7)55(8)52(61)51(60)54(63)39(6)21-23-42(71-54)32-45(34)69-26-17-25-56/h12-15,19,29,35-37,39-42,44-47,49-50,56,59,63H,16-18,20-28,30-33H2,1-11H3/b14-12-,15-13-,34-19-,38-29-/t35?,36?,37-,39+,40?,41+,42-,44-,45-,46?,47-,49?,50?,54+/m1/s1. The van der Waals surface area contributed by atoms with E-state index in [1.165, 1.54) is 27.3 Å². The van der Waals surface area contributed by atoms with E-state index in [1.807, 2.05) is 44.2 Å². The molecular formula is C54H87NO16S. The maximum absolute atomic E-state index is 14.1. The number of likely N-dealkylation sites (N-methyl/N-ethyl adjacent to an activating group) is 1. The molecule has 0 aromatic carbocycles. The fourth-order valence-electron chi connectivity index (χ4n) is 9.67. The molecule has 17 nitrogen and oxygen atoms in total. The summed E-state index contributed by atoms with van der Waals surface area (Å²) in [5, 5.41) is 32.8. The number of hydrogen-bond donors (Lipinski definition) is 3. The Hall–Kier alpha value is -3.46. The lowest BCUT2D eigenvalue weighted by Gasteiger charge is -2.41. The van der Waals surface area contributed by atoms with Gasteiger partial charge in [-0.1, -0.05) is 64.2 Å². The molecule has 0 aromatic heterocycles. The van der Waals surface area contributed by atoms with Crippen molar-refractivity contribution >= 4 is 39.1 Å².